The van der Waals surface area contributed by atoms with Crippen LogP contribution in [0.1, 0.15) is 18.4 Å². The van der Waals surface area contributed by atoms with Crippen LogP contribution in [-0.2, 0) is 16.3 Å². The number of ether oxygens (including phenoxy) is 1. The molecule has 0 aliphatic carbocycles. The van der Waals surface area contributed by atoms with Crippen molar-refractivity contribution in [1.29, 1.82) is 0 Å². The van der Waals surface area contributed by atoms with Crippen LogP contribution >= 0.6 is 0 Å². The highest BCUT2D eigenvalue weighted by molar-refractivity contribution is 7.90. The molecule has 194 valence electrons. The molecule has 2 aliphatic rings. The summed E-state index contributed by atoms with van der Waals surface area (Å²) < 4.78 is 30.2. The molecule has 0 saturated carbocycles. The molecule has 0 unspecified atom stereocenters. The Morgan fingerprint density at radius 3 is 2.21 bits per heavy atom. The van der Waals surface area contributed by atoms with Gasteiger partial charge in [-0.05, 0) is 48.4 Å². The molecule has 38 heavy (non-hydrogen) atoms. The first-order valence-electron chi connectivity index (χ1n) is 12.9. The van der Waals surface area contributed by atoms with Gasteiger partial charge in [0.2, 0.25) is 5.95 Å². The Morgan fingerprint density at radius 2 is 1.53 bits per heavy atom. The Balaban J connectivity index is 1.10. The van der Waals surface area contributed by atoms with E-state index in [-0.39, 0.29) is 6.10 Å². The molecule has 0 N–H and O–H groups in total. The van der Waals surface area contributed by atoms with E-state index in [2.05, 4.69) is 44.0 Å². The van der Waals surface area contributed by atoms with Crippen LogP contribution in [-0.4, -0.2) is 50.4 Å². The van der Waals surface area contributed by atoms with Crippen molar-refractivity contribution in [2.24, 2.45) is 0 Å². The Bertz CT molecular complexity index is 1520. The van der Waals surface area contributed by atoms with E-state index in [1.807, 2.05) is 48.8 Å². The van der Waals surface area contributed by atoms with E-state index in [1.54, 1.807) is 12.1 Å². The fourth-order valence-corrected chi connectivity index (χ4v) is 5.90. The van der Waals surface area contributed by atoms with Crippen LogP contribution in [0.4, 0.5) is 17.3 Å². The number of nitrogens with zero attached hydrogens (tertiary/aromatic N) is 4. The van der Waals surface area contributed by atoms with E-state index < -0.39 is 9.84 Å². The van der Waals surface area contributed by atoms with E-state index in [0.29, 0.717) is 4.90 Å². The van der Waals surface area contributed by atoms with Crippen LogP contribution in [0.25, 0.3) is 11.1 Å². The second-order valence-corrected chi connectivity index (χ2v) is 11.9. The normalized spacial score (nSPS) is 15.9. The molecule has 4 aromatic rings. The van der Waals surface area contributed by atoms with Crippen LogP contribution in [0.5, 0.6) is 5.75 Å². The van der Waals surface area contributed by atoms with E-state index in [0.717, 1.165) is 73.1 Å². The number of piperidine rings is 1. The monoisotopic (exact) mass is 526 g/mol. The van der Waals surface area contributed by atoms with Crippen molar-refractivity contribution >= 4 is 27.2 Å². The molecule has 0 atom stereocenters. The minimum absolute atomic E-state index is 0.143. The Morgan fingerprint density at radius 1 is 0.816 bits per heavy atom. The van der Waals surface area contributed by atoms with Crippen LogP contribution in [0.2, 0.25) is 0 Å². The third-order valence-electron chi connectivity index (χ3n) is 7.32. The summed E-state index contributed by atoms with van der Waals surface area (Å²) in [5.41, 5.74) is 5.46. The molecule has 0 radical (unpaired) electrons. The van der Waals surface area contributed by atoms with E-state index in [9.17, 15) is 8.42 Å². The molecule has 3 aromatic carbocycles. The lowest BCUT2D eigenvalue weighted by molar-refractivity contribution is 0.169. The number of benzene rings is 3. The average Bonchev–Trinajstić information content (AvgIpc) is 3.39. The van der Waals surface area contributed by atoms with Gasteiger partial charge in [-0.15, -0.1) is 0 Å². The van der Waals surface area contributed by atoms with Gasteiger partial charge in [0.15, 0.2) is 9.84 Å². The SMILES string of the molecule is CS(=O)(=O)c1ccc(N2CCc3c(OC4CCN(c5ncc(-c6ccccc6)cn5)CC4)cccc32)cc1. The largest absolute Gasteiger partial charge is 0.490 e. The lowest BCUT2D eigenvalue weighted by atomic mass is 10.1. The smallest absolute Gasteiger partial charge is 0.225 e. The van der Waals surface area contributed by atoms with Crippen molar-refractivity contribution in [3.8, 4) is 16.9 Å². The van der Waals surface area contributed by atoms with E-state index in [4.69, 9.17) is 4.74 Å². The van der Waals surface area contributed by atoms with Gasteiger partial charge in [0, 0.05) is 73.6 Å². The molecule has 3 heterocycles. The van der Waals surface area contributed by atoms with Gasteiger partial charge in [0.1, 0.15) is 11.9 Å². The van der Waals surface area contributed by atoms with Gasteiger partial charge in [-0.2, -0.15) is 0 Å². The standard InChI is InChI=1S/C30H30N4O3S/c1-38(35,36)26-12-10-24(11-13-26)34-19-16-27-28(34)8-5-9-29(27)37-25-14-17-33(18-15-25)30-31-20-23(21-32-30)22-6-3-2-4-7-22/h2-13,20-21,25H,14-19H2,1H3. The first-order chi connectivity index (χ1) is 18.5. The molecule has 1 saturated heterocycles. The number of anilines is 3. The van der Waals surface area contributed by atoms with Gasteiger partial charge >= 0.3 is 0 Å². The van der Waals surface area contributed by atoms with Gasteiger partial charge < -0.3 is 14.5 Å². The summed E-state index contributed by atoms with van der Waals surface area (Å²) in [5, 5.41) is 0. The minimum Gasteiger partial charge on any atom is -0.490 e. The lowest BCUT2D eigenvalue weighted by Crippen LogP contribution is -2.39. The molecule has 1 fully saturated rings. The third-order valence-corrected chi connectivity index (χ3v) is 8.45. The topological polar surface area (TPSA) is 75.6 Å². The summed E-state index contributed by atoms with van der Waals surface area (Å²) in [6.45, 7) is 2.54. The molecule has 6 rings (SSSR count). The Kier molecular flexibility index (Phi) is 6.49. The summed E-state index contributed by atoms with van der Waals surface area (Å²) in [6, 6.07) is 23.5. The van der Waals surface area contributed by atoms with Gasteiger partial charge in [-0.3, -0.25) is 0 Å². The van der Waals surface area contributed by atoms with Gasteiger partial charge in [-0.25, -0.2) is 18.4 Å². The summed E-state index contributed by atoms with van der Waals surface area (Å²) in [4.78, 5) is 14.0. The van der Waals surface area contributed by atoms with Crippen LogP contribution in [0.3, 0.4) is 0 Å². The maximum Gasteiger partial charge on any atom is 0.225 e. The van der Waals surface area contributed by atoms with Crippen molar-refractivity contribution < 1.29 is 13.2 Å². The van der Waals surface area contributed by atoms with Gasteiger partial charge in [0.05, 0.1) is 4.90 Å². The van der Waals surface area contributed by atoms with Gasteiger partial charge in [0.25, 0.3) is 0 Å². The van der Waals surface area contributed by atoms with E-state index in [1.165, 1.54) is 11.8 Å². The predicted molar refractivity (Wildman–Crippen MR) is 150 cm³/mol. The Labute approximate surface area is 223 Å². The van der Waals surface area contributed by atoms with Crippen LogP contribution < -0.4 is 14.5 Å². The second-order valence-electron chi connectivity index (χ2n) is 9.86. The average molecular weight is 527 g/mol. The van der Waals surface area contributed by atoms with Crippen LogP contribution in [0.15, 0.2) is 90.1 Å². The van der Waals surface area contributed by atoms with Crippen molar-refractivity contribution in [3.05, 3.63) is 90.8 Å². The molecule has 0 bridgehead atoms. The maximum absolute atomic E-state index is 11.8. The van der Waals surface area contributed by atoms with Crippen molar-refractivity contribution in [3.63, 3.8) is 0 Å². The highest BCUT2D eigenvalue weighted by Gasteiger charge is 2.27. The molecular formula is C30H30N4O3S. The predicted octanol–water partition coefficient (Wildman–Crippen LogP) is 5.29. The zero-order valence-corrected chi connectivity index (χ0v) is 22.1. The molecular weight excluding hydrogens is 496 g/mol. The first-order valence-corrected chi connectivity index (χ1v) is 14.8. The maximum atomic E-state index is 11.8. The number of sulfone groups is 1. The van der Waals surface area contributed by atoms with E-state index >= 15 is 0 Å². The Hall–Kier alpha value is -3.91. The summed E-state index contributed by atoms with van der Waals surface area (Å²) >= 11 is 0. The second kappa shape index (κ2) is 10.1. The summed E-state index contributed by atoms with van der Waals surface area (Å²) in [6.07, 6.45) is 7.87. The minimum atomic E-state index is -3.21. The summed E-state index contributed by atoms with van der Waals surface area (Å²) in [7, 11) is -3.21. The fourth-order valence-electron chi connectivity index (χ4n) is 5.27. The molecule has 2 aliphatic heterocycles. The highest BCUT2D eigenvalue weighted by Crippen LogP contribution is 2.40. The molecule has 7 nitrogen and oxygen atoms in total. The lowest BCUT2D eigenvalue weighted by Gasteiger charge is -2.32. The van der Waals surface area contributed by atoms with Crippen molar-refractivity contribution in [2.75, 3.05) is 35.7 Å². The third kappa shape index (κ3) is 4.96. The molecule has 0 amide bonds. The zero-order valence-electron chi connectivity index (χ0n) is 21.3. The quantitative estimate of drug-likeness (QED) is 0.338. The number of rotatable bonds is 6. The number of hydrogen-bond acceptors (Lipinski definition) is 7. The summed E-state index contributed by atoms with van der Waals surface area (Å²) in [5.74, 6) is 1.71. The molecule has 1 aromatic heterocycles. The highest BCUT2D eigenvalue weighted by atomic mass is 32.2. The van der Waals surface area contributed by atoms with Crippen LogP contribution in [0, 0.1) is 0 Å². The molecule has 8 heteroatoms. The number of fused-ring (bicyclic) bond motifs is 1. The number of aromatic nitrogens is 2. The molecule has 0 spiro atoms. The fraction of sp³-hybridized carbons (Fsp3) is 0.267. The number of hydrogen-bond donors (Lipinski definition) is 0. The zero-order chi connectivity index (χ0) is 26.1. The van der Waals surface area contributed by atoms with Gasteiger partial charge in [-0.1, -0.05) is 36.4 Å². The first kappa shape index (κ1) is 24.4. The van der Waals surface area contributed by atoms with Crippen molar-refractivity contribution in [2.45, 2.75) is 30.3 Å². The van der Waals surface area contributed by atoms with Crippen molar-refractivity contribution in [1.82, 2.24) is 9.97 Å².